The molecule has 1 aliphatic rings. The van der Waals surface area contributed by atoms with Gasteiger partial charge in [0.2, 0.25) is 5.78 Å². The van der Waals surface area contributed by atoms with Gasteiger partial charge in [0.1, 0.15) is 5.58 Å². The number of carbonyl (C=O) groups excluding carboxylic acids is 2. The number of hydrogen-bond acceptors (Lipinski definition) is 4. The fraction of sp³-hybridized carbons (Fsp3) is 0.217. The molecule has 29 heavy (non-hydrogen) atoms. The molecule has 0 saturated heterocycles. The van der Waals surface area contributed by atoms with E-state index in [1.807, 2.05) is 50.2 Å². The number of halogens is 1. The second kappa shape index (κ2) is 7.52. The van der Waals surface area contributed by atoms with Gasteiger partial charge in [-0.05, 0) is 43.2 Å². The zero-order chi connectivity index (χ0) is 20.7. The predicted molar refractivity (Wildman–Crippen MR) is 114 cm³/mol. The summed E-state index contributed by atoms with van der Waals surface area (Å²) >= 11 is 3.41. The molecule has 0 radical (unpaired) electrons. The van der Waals surface area contributed by atoms with Crippen molar-refractivity contribution in [1.29, 1.82) is 0 Å². The van der Waals surface area contributed by atoms with Crippen LogP contribution in [0.15, 0.2) is 68.8 Å². The van der Waals surface area contributed by atoms with E-state index in [0.29, 0.717) is 18.5 Å². The van der Waals surface area contributed by atoms with E-state index in [2.05, 4.69) is 15.9 Å². The van der Waals surface area contributed by atoms with Crippen molar-refractivity contribution in [1.82, 2.24) is 4.90 Å². The van der Waals surface area contributed by atoms with Crippen LogP contribution in [0.3, 0.4) is 0 Å². The van der Waals surface area contributed by atoms with E-state index in [0.717, 1.165) is 21.0 Å². The number of Topliss-reactive ketones (excluding diaryl/α,β-unsaturated/α-hetero) is 1. The topological polar surface area (TPSA) is 70.8 Å². The van der Waals surface area contributed by atoms with Crippen LogP contribution in [0.5, 0.6) is 0 Å². The molecule has 2 aromatic carbocycles. The number of aliphatic hydroxyl groups is 1. The Kier molecular flexibility index (Phi) is 5.04. The average Bonchev–Trinajstić information content (AvgIpc) is 3.22. The summed E-state index contributed by atoms with van der Waals surface area (Å²) in [6, 6.07) is 14.1. The molecule has 5 nitrogen and oxygen atoms in total. The highest BCUT2D eigenvalue weighted by molar-refractivity contribution is 9.10. The predicted octanol–water partition coefficient (Wildman–Crippen LogP) is 5.49. The molecule has 1 atom stereocenters. The Hall–Kier alpha value is -2.86. The maximum Gasteiger partial charge on any atom is 0.290 e. The lowest BCUT2D eigenvalue weighted by Crippen LogP contribution is -2.31. The van der Waals surface area contributed by atoms with Crippen molar-refractivity contribution >= 4 is 38.6 Å². The molecule has 0 saturated carbocycles. The van der Waals surface area contributed by atoms with Crippen LogP contribution < -0.4 is 0 Å². The van der Waals surface area contributed by atoms with Crippen molar-refractivity contribution in [3.05, 3.63) is 81.2 Å². The van der Waals surface area contributed by atoms with Crippen molar-refractivity contribution < 1.29 is 19.1 Å². The average molecular weight is 454 g/mol. The second-order valence-electron chi connectivity index (χ2n) is 7.20. The molecule has 1 amide bonds. The van der Waals surface area contributed by atoms with Crippen LogP contribution in [0, 0.1) is 6.92 Å². The molecule has 3 aromatic rings. The summed E-state index contributed by atoms with van der Waals surface area (Å²) < 4.78 is 6.61. The van der Waals surface area contributed by atoms with Crippen molar-refractivity contribution in [3.63, 3.8) is 0 Å². The monoisotopic (exact) mass is 453 g/mol. The number of amides is 1. The minimum atomic E-state index is -0.644. The van der Waals surface area contributed by atoms with Gasteiger partial charge in [-0.3, -0.25) is 9.59 Å². The highest BCUT2D eigenvalue weighted by atomic mass is 79.9. The zero-order valence-electron chi connectivity index (χ0n) is 16.1. The highest BCUT2D eigenvalue weighted by Gasteiger charge is 2.44. The third-order valence-corrected chi connectivity index (χ3v) is 5.57. The molecular weight excluding hydrogens is 434 g/mol. The number of aliphatic hydroxyl groups excluding tert-OH is 1. The lowest BCUT2D eigenvalue weighted by molar-refractivity contribution is -0.129. The van der Waals surface area contributed by atoms with E-state index >= 15 is 0 Å². The fourth-order valence-electron chi connectivity index (χ4n) is 3.80. The van der Waals surface area contributed by atoms with Crippen LogP contribution in [0.2, 0.25) is 0 Å². The van der Waals surface area contributed by atoms with E-state index in [9.17, 15) is 14.7 Å². The van der Waals surface area contributed by atoms with Crippen molar-refractivity contribution in [2.45, 2.75) is 26.3 Å². The molecule has 1 aliphatic heterocycles. The molecule has 0 fully saturated rings. The number of rotatable bonds is 5. The van der Waals surface area contributed by atoms with E-state index < -0.39 is 23.5 Å². The van der Waals surface area contributed by atoms with Gasteiger partial charge in [-0.2, -0.15) is 0 Å². The number of ketones is 1. The SMILES string of the molecule is CCCN1C(=O)C(O)=C(C(=O)c2cc3cc(Br)ccc3o2)C1c1cccc(C)c1. The summed E-state index contributed by atoms with van der Waals surface area (Å²) in [5.41, 5.74) is 2.43. The van der Waals surface area contributed by atoms with E-state index in [1.54, 1.807) is 17.0 Å². The first-order valence-corrected chi connectivity index (χ1v) is 10.2. The normalized spacial score (nSPS) is 16.9. The molecule has 148 valence electrons. The number of furan rings is 1. The lowest BCUT2D eigenvalue weighted by atomic mass is 9.94. The van der Waals surface area contributed by atoms with Gasteiger partial charge in [-0.1, -0.05) is 52.7 Å². The standard InChI is InChI=1S/C23H20BrNO4/c1-3-9-25-20(14-6-4-5-13(2)10-14)19(22(27)23(25)28)21(26)18-12-15-11-16(24)7-8-17(15)29-18/h4-8,10-12,20,27H,3,9H2,1-2H3. The molecule has 0 spiro atoms. The Balaban J connectivity index is 1.83. The molecule has 4 rings (SSSR count). The van der Waals surface area contributed by atoms with Crippen molar-refractivity contribution in [2.75, 3.05) is 6.54 Å². The summed E-state index contributed by atoms with van der Waals surface area (Å²) in [4.78, 5) is 27.7. The molecular formula is C23H20BrNO4. The Labute approximate surface area is 176 Å². The fourth-order valence-corrected chi connectivity index (χ4v) is 4.18. The molecule has 1 unspecified atom stereocenters. The molecule has 6 heteroatoms. The quantitative estimate of drug-likeness (QED) is 0.518. The summed E-state index contributed by atoms with van der Waals surface area (Å²) in [5.74, 6) is -1.41. The molecule has 0 aliphatic carbocycles. The first kappa shape index (κ1) is 19.5. The van der Waals surface area contributed by atoms with Gasteiger partial charge in [0, 0.05) is 16.4 Å². The van der Waals surface area contributed by atoms with Gasteiger partial charge in [-0.15, -0.1) is 0 Å². The lowest BCUT2D eigenvalue weighted by Gasteiger charge is -2.26. The minimum Gasteiger partial charge on any atom is -0.503 e. The van der Waals surface area contributed by atoms with Crippen LogP contribution in [-0.2, 0) is 4.79 Å². The largest absolute Gasteiger partial charge is 0.503 e. The third kappa shape index (κ3) is 3.38. The van der Waals surface area contributed by atoms with Crippen LogP contribution in [0.25, 0.3) is 11.0 Å². The number of aryl methyl sites for hydroxylation is 1. The Morgan fingerprint density at radius 2 is 2.00 bits per heavy atom. The summed E-state index contributed by atoms with van der Waals surface area (Å²) in [7, 11) is 0. The Morgan fingerprint density at radius 3 is 2.72 bits per heavy atom. The van der Waals surface area contributed by atoms with Gasteiger partial charge >= 0.3 is 0 Å². The molecule has 0 bridgehead atoms. The molecule has 1 aromatic heterocycles. The number of benzene rings is 2. The number of hydrogen-bond donors (Lipinski definition) is 1. The maximum atomic E-state index is 13.4. The summed E-state index contributed by atoms with van der Waals surface area (Å²) in [6.07, 6.45) is 0.710. The Morgan fingerprint density at radius 1 is 1.21 bits per heavy atom. The van der Waals surface area contributed by atoms with Crippen LogP contribution in [0.4, 0.5) is 0 Å². The van der Waals surface area contributed by atoms with Gasteiger partial charge < -0.3 is 14.4 Å². The number of fused-ring (bicyclic) bond motifs is 1. The van der Waals surface area contributed by atoms with Crippen molar-refractivity contribution in [2.24, 2.45) is 0 Å². The third-order valence-electron chi connectivity index (χ3n) is 5.07. The van der Waals surface area contributed by atoms with Crippen LogP contribution in [0.1, 0.15) is 41.1 Å². The highest BCUT2D eigenvalue weighted by Crippen LogP contribution is 2.40. The van der Waals surface area contributed by atoms with E-state index in [-0.39, 0.29) is 11.3 Å². The summed E-state index contributed by atoms with van der Waals surface area (Å²) in [5, 5.41) is 11.4. The molecule has 1 N–H and O–H groups in total. The summed E-state index contributed by atoms with van der Waals surface area (Å²) in [6.45, 7) is 4.34. The molecule has 2 heterocycles. The van der Waals surface area contributed by atoms with Gasteiger partial charge in [-0.25, -0.2) is 0 Å². The maximum absolute atomic E-state index is 13.4. The first-order chi connectivity index (χ1) is 13.9. The minimum absolute atomic E-state index is 0.0622. The smallest absolute Gasteiger partial charge is 0.290 e. The van der Waals surface area contributed by atoms with Gasteiger partial charge in [0.05, 0.1) is 11.6 Å². The van der Waals surface area contributed by atoms with Gasteiger partial charge in [0.25, 0.3) is 5.91 Å². The van der Waals surface area contributed by atoms with Crippen LogP contribution >= 0.6 is 15.9 Å². The second-order valence-corrected chi connectivity index (χ2v) is 8.12. The van der Waals surface area contributed by atoms with E-state index in [4.69, 9.17) is 4.42 Å². The van der Waals surface area contributed by atoms with Crippen LogP contribution in [-0.4, -0.2) is 28.2 Å². The first-order valence-electron chi connectivity index (χ1n) is 9.45. The number of nitrogens with zero attached hydrogens (tertiary/aromatic N) is 1. The van der Waals surface area contributed by atoms with E-state index in [1.165, 1.54) is 0 Å². The van der Waals surface area contributed by atoms with Crippen molar-refractivity contribution in [3.8, 4) is 0 Å². The number of carbonyl (C=O) groups is 2. The van der Waals surface area contributed by atoms with Gasteiger partial charge in [0.15, 0.2) is 11.5 Å². The zero-order valence-corrected chi connectivity index (χ0v) is 17.7. The Bertz CT molecular complexity index is 1160.